The monoisotopic (exact) mass is 366 g/mol. The number of nitrogens with zero attached hydrogens (tertiary/aromatic N) is 2. The number of aliphatic hydroxyl groups excluding tert-OH is 2. The number of hydrogen-bond acceptors (Lipinski definition) is 2. The minimum absolute atomic E-state index is 0.279. The van der Waals surface area contributed by atoms with E-state index < -0.39 is 0 Å². The van der Waals surface area contributed by atoms with Crippen molar-refractivity contribution < 1.29 is 19.2 Å². The van der Waals surface area contributed by atoms with Crippen LogP contribution in [0.2, 0.25) is 0 Å². The maximum Gasteiger partial charge on any atom is 0.104 e. The topological polar surface area (TPSA) is 40.5 Å². The molecule has 0 fully saturated rings. The van der Waals surface area contributed by atoms with Crippen LogP contribution >= 0.6 is 0 Å². The SMILES string of the molecule is CC[N+](CC)(CCCO)Cc1ccc(C[N+](CC)(CC)CCCO)cc1. The van der Waals surface area contributed by atoms with Crippen LogP contribution in [0.5, 0.6) is 0 Å². The molecule has 1 aromatic rings. The van der Waals surface area contributed by atoms with Gasteiger partial charge in [-0.2, -0.15) is 0 Å². The van der Waals surface area contributed by atoms with Gasteiger partial charge in [-0.1, -0.05) is 24.3 Å². The van der Waals surface area contributed by atoms with Crippen molar-refractivity contribution in [1.29, 1.82) is 0 Å². The second-order valence-corrected chi connectivity index (χ2v) is 7.68. The molecule has 0 aliphatic carbocycles. The molecule has 0 saturated carbocycles. The summed E-state index contributed by atoms with van der Waals surface area (Å²) in [4.78, 5) is 0. The summed E-state index contributed by atoms with van der Waals surface area (Å²) in [6, 6.07) is 9.16. The second-order valence-electron chi connectivity index (χ2n) is 7.68. The predicted molar refractivity (Wildman–Crippen MR) is 110 cm³/mol. The molecule has 0 saturated heterocycles. The molecule has 0 aliphatic rings. The average Bonchev–Trinajstić information content (AvgIpc) is 2.70. The minimum Gasteiger partial charge on any atom is -0.396 e. The lowest BCUT2D eigenvalue weighted by molar-refractivity contribution is -0.938. The molecule has 4 heteroatoms. The molecule has 0 atom stereocenters. The van der Waals surface area contributed by atoms with Crippen LogP contribution in [-0.4, -0.2) is 71.7 Å². The molecule has 1 rings (SSSR count). The number of quaternary nitrogens is 2. The Bertz CT molecular complexity index is 434. The summed E-state index contributed by atoms with van der Waals surface area (Å²) in [5.74, 6) is 0. The molecule has 0 aliphatic heterocycles. The van der Waals surface area contributed by atoms with Crippen molar-refractivity contribution in [2.45, 2.75) is 53.6 Å². The van der Waals surface area contributed by atoms with E-state index in [1.54, 1.807) is 0 Å². The van der Waals surface area contributed by atoms with Crippen LogP contribution in [0.15, 0.2) is 24.3 Å². The van der Waals surface area contributed by atoms with E-state index >= 15 is 0 Å². The van der Waals surface area contributed by atoms with Crippen LogP contribution in [0.3, 0.4) is 0 Å². The van der Waals surface area contributed by atoms with Crippen LogP contribution in [0.1, 0.15) is 51.7 Å². The summed E-state index contributed by atoms with van der Waals surface area (Å²) in [5, 5.41) is 18.4. The van der Waals surface area contributed by atoms with E-state index in [1.165, 1.54) is 11.1 Å². The fraction of sp³-hybridized carbons (Fsp3) is 0.727. The Balaban J connectivity index is 2.83. The van der Waals surface area contributed by atoms with Crippen LogP contribution in [0.4, 0.5) is 0 Å². The molecule has 0 spiro atoms. The summed E-state index contributed by atoms with van der Waals surface area (Å²) >= 11 is 0. The first kappa shape index (κ1) is 23.1. The van der Waals surface area contributed by atoms with Gasteiger partial charge < -0.3 is 19.2 Å². The van der Waals surface area contributed by atoms with Gasteiger partial charge in [-0.15, -0.1) is 0 Å². The van der Waals surface area contributed by atoms with Gasteiger partial charge in [0.2, 0.25) is 0 Å². The number of rotatable bonds is 14. The van der Waals surface area contributed by atoms with E-state index in [1.807, 2.05) is 0 Å². The van der Waals surface area contributed by atoms with Gasteiger partial charge in [0.25, 0.3) is 0 Å². The number of hydrogen-bond donors (Lipinski definition) is 2. The first-order valence-electron chi connectivity index (χ1n) is 10.5. The summed E-state index contributed by atoms with van der Waals surface area (Å²) in [6.45, 7) is 18.1. The first-order valence-corrected chi connectivity index (χ1v) is 10.5. The molecule has 26 heavy (non-hydrogen) atoms. The Morgan fingerprint density at radius 2 is 0.923 bits per heavy atom. The second kappa shape index (κ2) is 11.7. The molecular formula is C22H42N2O2+2. The zero-order valence-electron chi connectivity index (χ0n) is 17.6. The van der Waals surface area contributed by atoms with Crippen molar-refractivity contribution in [3.05, 3.63) is 35.4 Å². The van der Waals surface area contributed by atoms with Crippen LogP contribution in [0.25, 0.3) is 0 Å². The molecule has 0 heterocycles. The Kier molecular flexibility index (Phi) is 10.4. The Morgan fingerprint density at radius 1 is 0.615 bits per heavy atom. The Morgan fingerprint density at radius 3 is 1.15 bits per heavy atom. The minimum atomic E-state index is 0.279. The Labute approximate surface area is 161 Å². The van der Waals surface area contributed by atoms with Gasteiger partial charge in [-0.05, 0) is 27.7 Å². The highest BCUT2D eigenvalue weighted by Gasteiger charge is 2.25. The largest absolute Gasteiger partial charge is 0.396 e. The average molecular weight is 367 g/mol. The fourth-order valence-corrected chi connectivity index (χ4v) is 4.02. The quantitative estimate of drug-likeness (QED) is 0.497. The van der Waals surface area contributed by atoms with E-state index in [2.05, 4.69) is 52.0 Å². The third kappa shape index (κ3) is 6.66. The third-order valence-corrected chi connectivity index (χ3v) is 6.32. The van der Waals surface area contributed by atoms with Crippen molar-refractivity contribution >= 4 is 0 Å². The van der Waals surface area contributed by atoms with Crippen LogP contribution in [-0.2, 0) is 13.1 Å². The van der Waals surface area contributed by atoms with Gasteiger partial charge >= 0.3 is 0 Å². The molecule has 0 radical (unpaired) electrons. The number of benzene rings is 1. The zero-order valence-corrected chi connectivity index (χ0v) is 17.6. The lowest BCUT2D eigenvalue weighted by Gasteiger charge is -2.38. The van der Waals surface area contributed by atoms with E-state index in [0.29, 0.717) is 0 Å². The standard InChI is InChI=1S/C22H42N2O2/c1-5-23(6-2,15-9-17-25)19-21-11-13-22(14-12-21)20-24(7-3,8-4)16-10-18-26/h11-14,25-26H,5-10,15-20H2,1-4H3/q+2. The van der Waals surface area contributed by atoms with E-state index in [9.17, 15) is 10.2 Å². The lowest BCUT2D eigenvalue weighted by atomic mass is 10.1. The first-order chi connectivity index (χ1) is 12.5. The van der Waals surface area contributed by atoms with Crippen LogP contribution in [0, 0.1) is 0 Å². The number of aliphatic hydroxyl groups is 2. The maximum absolute atomic E-state index is 9.21. The highest BCUT2D eigenvalue weighted by molar-refractivity contribution is 5.21. The van der Waals surface area contributed by atoms with Gasteiger partial charge in [-0.3, -0.25) is 0 Å². The highest BCUT2D eigenvalue weighted by Crippen LogP contribution is 2.19. The summed E-state index contributed by atoms with van der Waals surface area (Å²) in [5.41, 5.74) is 2.77. The smallest absolute Gasteiger partial charge is 0.104 e. The lowest BCUT2D eigenvalue weighted by Crippen LogP contribution is -2.48. The van der Waals surface area contributed by atoms with Crippen molar-refractivity contribution in [2.75, 3.05) is 52.5 Å². The zero-order chi connectivity index (χ0) is 19.5. The maximum atomic E-state index is 9.21. The van der Waals surface area contributed by atoms with Crippen molar-refractivity contribution in [2.24, 2.45) is 0 Å². The predicted octanol–water partition coefficient (Wildman–Crippen LogP) is 3.16. The van der Waals surface area contributed by atoms with E-state index in [-0.39, 0.29) is 13.2 Å². The van der Waals surface area contributed by atoms with Crippen molar-refractivity contribution in [3.63, 3.8) is 0 Å². The molecule has 0 aromatic heterocycles. The molecule has 4 nitrogen and oxygen atoms in total. The van der Waals surface area contributed by atoms with Gasteiger partial charge in [0.1, 0.15) is 13.1 Å². The fourth-order valence-electron chi connectivity index (χ4n) is 4.02. The van der Waals surface area contributed by atoms with Gasteiger partial charge in [-0.25, -0.2) is 0 Å². The van der Waals surface area contributed by atoms with Crippen molar-refractivity contribution in [1.82, 2.24) is 0 Å². The molecule has 2 N–H and O–H groups in total. The third-order valence-electron chi connectivity index (χ3n) is 6.32. The molecule has 150 valence electrons. The molecule has 1 aromatic carbocycles. The molecule has 0 unspecified atom stereocenters. The van der Waals surface area contributed by atoms with Crippen molar-refractivity contribution in [3.8, 4) is 0 Å². The van der Waals surface area contributed by atoms with E-state index in [4.69, 9.17) is 0 Å². The summed E-state index contributed by atoms with van der Waals surface area (Å²) < 4.78 is 2.08. The highest BCUT2D eigenvalue weighted by atomic mass is 16.3. The summed E-state index contributed by atoms with van der Waals surface area (Å²) in [7, 11) is 0. The van der Waals surface area contributed by atoms with Gasteiger partial charge in [0, 0.05) is 37.2 Å². The van der Waals surface area contributed by atoms with Gasteiger partial charge in [0.15, 0.2) is 0 Å². The van der Waals surface area contributed by atoms with Gasteiger partial charge in [0.05, 0.1) is 39.3 Å². The molecule has 0 amide bonds. The Hall–Kier alpha value is -0.940. The van der Waals surface area contributed by atoms with Crippen LogP contribution < -0.4 is 0 Å². The van der Waals surface area contributed by atoms with E-state index in [0.717, 1.165) is 74.2 Å². The molecular weight excluding hydrogens is 324 g/mol. The normalized spacial score (nSPS) is 12.5. The molecule has 0 bridgehead atoms. The summed E-state index contributed by atoms with van der Waals surface area (Å²) in [6.07, 6.45) is 1.75.